The zero-order valence-electron chi connectivity index (χ0n) is 7.57. The highest BCUT2D eigenvalue weighted by Gasteiger charge is 2.07. The molecule has 1 amide bonds. The Morgan fingerprint density at radius 3 is 3.00 bits per heavy atom. The van der Waals surface area contributed by atoms with E-state index in [0.717, 1.165) is 9.88 Å². The lowest BCUT2D eigenvalue weighted by molar-refractivity contribution is -0.120. The molecule has 0 spiro atoms. The van der Waals surface area contributed by atoms with E-state index in [1.54, 1.807) is 24.5 Å². The first kappa shape index (κ1) is 10.5. The molecule has 0 aliphatic rings. The van der Waals surface area contributed by atoms with Gasteiger partial charge in [0.15, 0.2) is 0 Å². The lowest BCUT2D eigenvalue weighted by atomic mass is 10.4. The Balaban J connectivity index is 2.39. The Morgan fingerprint density at radius 2 is 2.54 bits per heavy atom. The van der Waals surface area contributed by atoms with Gasteiger partial charge >= 0.3 is 0 Å². The van der Waals surface area contributed by atoms with Gasteiger partial charge in [-0.1, -0.05) is 0 Å². The summed E-state index contributed by atoms with van der Waals surface area (Å²) in [6.07, 6.45) is 1.80. The van der Waals surface area contributed by atoms with E-state index in [4.69, 9.17) is 0 Å². The number of aryl methyl sites for hydroxylation is 1. The summed E-state index contributed by atoms with van der Waals surface area (Å²) in [6.45, 7) is 4.23. The van der Waals surface area contributed by atoms with E-state index in [0.29, 0.717) is 6.54 Å². The molecular formula is C8H12N2OS2. The third kappa shape index (κ3) is 3.36. The maximum Gasteiger partial charge on any atom is 0.232 e. The van der Waals surface area contributed by atoms with Gasteiger partial charge in [-0.05, 0) is 13.8 Å². The van der Waals surface area contributed by atoms with Gasteiger partial charge < -0.3 is 5.32 Å². The minimum Gasteiger partial charge on any atom is -0.349 e. The average Bonchev–Trinajstić information content (AvgIpc) is 2.47. The van der Waals surface area contributed by atoms with Crippen LogP contribution < -0.4 is 5.32 Å². The highest BCUT2D eigenvalue weighted by molar-refractivity contribution is 7.81. The molecule has 1 atom stereocenters. The van der Waals surface area contributed by atoms with Crippen LogP contribution in [0.25, 0.3) is 0 Å². The van der Waals surface area contributed by atoms with Crippen LogP contribution in [0.1, 0.15) is 16.8 Å². The number of rotatable bonds is 3. The van der Waals surface area contributed by atoms with Crippen molar-refractivity contribution in [2.75, 3.05) is 0 Å². The van der Waals surface area contributed by atoms with E-state index < -0.39 is 0 Å². The molecule has 0 aliphatic heterocycles. The Bertz CT molecular complexity index is 296. The van der Waals surface area contributed by atoms with Crippen molar-refractivity contribution >= 4 is 29.9 Å². The maximum atomic E-state index is 11.1. The van der Waals surface area contributed by atoms with Gasteiger partial charge in [-0.3, -0.25) is 4.79 Å². The molecule has 0 bridgehead atoms. The summed E-state index contributed by atoms with van der Waals surface area (Å²) in [4.78, 5) is 16.4. The highest BCUT2D eigenvalue weighted by Crippen LogP contribution is 2.10. The molecule has 3 nitrogen and oxygen atoms in total. The number of carbonyl (C=O) groups is 1. The zero-order valence-corrected chi connectivity index (χ0v) is 9.28. The van der Waals surface area contributed by atoms with Gasteiger partial charge in [-0.2, -0.15) is 12.6 Å². The fourth-order valence-electron chi connectivity index (χ4n) is 0.794. The predicted octanol–water partition coefficient (Wildman–Crippen LogP) is 1.39. The summed E-state index contributed by atoms with van der Waals surface area (Å²) in [7, 11) is 0. The van der Waals surface area contributed by atoms with Crippen LogP contribution in [0.3, 0.4) is 0 Å². The summed E-state index contributed by atoms with van der Waals surface area (Å²) in [5.74, 6) is -0.0591. The molecule has 0 saturated heterocycles. The third-order valence-corrected chi connectivity index (χ3v) is 2.61. The minimum absolute atomic E-state index is 0.0591. The summed E-state index contributed by atoms with van der Waals surface area (Å²) >= 11 is 5.61. The fraction of sp³-hybridized carbons (Fsp3) is 0.500. The second kappa shape index (κ2) is 4.62. The van der Waals surface area contributed by atoms with E-state index in [-0.39, 0.29) is 11.2 Å². The quantitative estimate of drug-likeness (QED) is 0.750. The van der Waals surface area contributed by atoms with Crippen LogP contribution >= 0.6 is 24.0 Å². The first-order chi connectivity index (χ1) is 6.09. The van der Waals surface area contributed by atoms with Gasteiger partial charge in [0.2, 0.25) is 5.91 Å². The molecule has 1 unspecified atom stereocenters. The molecule has 1 aromatic rings. The Labute approximate surface area is 87.0 Å². The summed E-state index contributed by atoms with van der Waals surface area (Å²) in [5.41, 5.74) is 0. The van der Waals surface area contributed by atoms with E-state index in [2.05, 4.69) is 22.9 Å². The van der Waals surface area contributed by atoms with E-state index >= 15 is 0 Å². The van der Waals surface area contributed by atoms with Crippen LogP contribution in [-0.2, 0) is 11.3 Å². The van der Waals surface area contributed by atoms with Gasteiger partial charge in [0, 0.05) is 11.1 Å². The summed E-state index contributed by atoms with van der Waals surface area (Å²) in [6, 6.07) is 0. The molecule has 13 heavy (non-hydrogen) atoms. The molecule has 1 aromatic heterocycles. The predicted molar refractivity (Wildman–Crippen MR) is 57.1 cm³/mol. The van der Waals surface area contributed by atoms with E-state index in [1.807, 2.05) is 6.92 Å². The second-order valence-electron chi connectivity index (χ2n) is 2.76. The Kier molecular flexibility index (Phi) is 3.74. The number of thiazole rings is 1. The molecule has 72 valence electrons. The molecule has 1 heterocycles. The Hall–Kier alpha value is -0.550. The average molecular weight is 216 g/mol. The second-order valence-corrected chi connectivity index (χ2v) is 4.85. The number of thiol groups is 1. The standard InChI is InChI=1S/C8H12N2OS2/c1-5-3-9-7(13-5)4-10-8(11)6(2)12/h3,6,12H,4H2,1-2H3,(H,10,11). The van der Waals surface area contributed by atoms with Gasteiger partial charge in [0.25, 0.3) is 0 Å². The van der Waals surface area contributed by atoms with Crippen molar-refractivity contribution in [3.63, 3.8) is 0 Å². The molecule has 1 rings (SSSR count). The maximum absolute atomic E-state index is 11.1. The molecule has 0 aliphatic carbocycles. The van der Waals surface area contributed by atoms with Crippen LogP contribution in [0.5, 0.6) is 0 Å². The van der Waals surface area contributed by atoms with Crippen LogP contribution in [0.4, 0.5) is 0 Å². The number of hydrogen-bond acceptors (Lipinski definition) is 4. The van der Waals surface area contributed by atoms with Crippen molar-refractivity contribution in [3.8, 4) is 0 Å². The van der Waals surface area contributed by atoms with Crippen molar-refractivity contribution < 1.29 is 4.79 Å². The first-order valence-corrected chi connectivity index (χ1v) is 5.30. The van der Waals surface area contributed by atoms with Gasteiger partial charge in [0.1, 0.15) is 5.01 Å². The topological polar surface area (TPSA) is 42.0 Å². The monoisotopic (exact) mass is 216 g/mol. The molecule has 0 radical (unpaired) electrons. The number of nitrogens with zero attached hydrogens (tertiary/aromatic N) is 1. The molecule has 0 fully saturated rings. The van der Waals surface area contributed by atoms with Gasteiger partial charge in [-0.15, -0.1) is 11.3 Å². The number of hydrogen-bond donors (Lipinski definition) is 2. The molecule has 0 aromatic carbocycles. The lowest BCUT2D eigenvalue weighted by Crippen LogP contribution is -2.28. The number of carbonyl (C=O) groups excluding carboxylic acids is 1. The third-order valence-electron chi connectivity index (χ3n) is 1.46. The summed E-state index contributed by atoms with van der Waals surface area (Å²) in [5, 5.41) is 3.41. The van der Waals surface area contributed by atoms with E-state index in [9.17, 15) is 4.79 Å². The molecular weight excluding hydrogens is 204 g/mol. The number of nitrogens with one attached hydrogen (secondary N) is 1. The number of aromatic nitrogens is 1. The van der Waals surface area contributed by atoms with E-state index in [1.165, 1.54) is 0 Å². The summed E-state index contributed by atoms with van der Waals surface area (Å²) < 4.78 is 0. The molecule has 1 N–H and O–H groups in total. The van der Waals surface area contributed by atoms with Crippen LogP contribution in [0, 0.1) is 6.92 Å². The number of amides is 1. The van der Waals surface area contributed by atoms with Crippen molar-refractivity contribution in [2.24, 2.45) is 0 Å². The SMILES string of the molecule is Cc1cnc(CNC(=O)C(C)S)s1. The largest absolute Gasteiger partial charge is 0.349 e. The van der Waals surface area contributed by atoms with Crippen molar-refractivity contribution in [2.45, 2.75) is 25.6 Å². The van der Waals surface area contributed by atoms with Crippen molar-refractivity contribution in [3.05, 3.63) is 16.1 Å². The van der Waals surface area contributed by atoms with Crippen LogP contribution in [-0.4, -0.2) is 16.1 Å². The smallest absolute Gasteiger partial charge is 0.232 e. The van der Waals surface area contributed by atoms with Crippen LogP contribution in [0.15, 0.2) is 6.20 Å². The first-order valence-electron chi connectivity index (χ1n) is 3.96. The van der Waals surface area contributed by atoms with Crippen molar-refractivity contribution in [1.82, 2.24) is 10.3 Å². The normalized spacial score (nSPS) is 12.5. The van der Waals surface area contributed by atoms with Gasteiger partial charge in [-0.25, -0.2) is 4.98 Å². The fourth-order valence-corrected chi connectivity index (χ4v) is 1.61. The molecule has 0 saturated carbocycles. The van der Waals surface area contributed by atoms with Gasteiger partial charge in [0.05, 0.1) is 11.8 Å². The minimum atomic E-state index is -0.263. The lowest BCUT2D eigenvalue weighted by Gasteiger charge is -2.04. The zero-order chi connectivity index (χ0) is 9.84. The highest BCUT2D eigenvalue weighted by atomic mass is 32.1. The Morgan fingerprint density at radius 1 is 1.85 bits per heavy atom. The van der Waals surface area contributed by atoms with Crippen LogP contribution in [0.2, 0.25) is 0 Å². The molecule has 5 heteroatoms. The van der Waals surface area contributed by atoms with Crippen molar-refractivity contribution in [1.29, 1.82) is 0 Å².